The largest absolute Gasteiger partial charge is 0.481 e. The van der Waals surface area contributed by atoms with Crippen LogP contribution in [-0.4, -0.2) is 23.5 Å². The van der Waals surface area contributed by atoms with Crippen molar-refractivity contribution in [2.75, 3.05) is 6.54 Å². The smallest absolute Gasteiger partial charge is 0.309 e. The summed E-state index contributed by atoms with van der Waals surface area (Å²) in [6, 6.07) is 8.48. The molecule has 0 aliphatic rings. The molecular weight excluding hydrogens is 350 g/mol. The van der Waals surface area contributed by atoms with Crippen LogP contribution in [0, 0.1) is 10.8 Å². The number of benzene rings is 1. The highest BCUT2D eigenvalue weighted by Gasteiger charge is 2.44. The first-order valence-corrected chi connectivity index (χ1v) is 10.4. The summed E-state index contributed by atoms with van der Waals surface area (Å²) in [5.74, 6) is -0.813. The van der Waals surface area contributed by atoms with Gasteiger partial charge in [-0.3, -0.25) is 9.59 Å². The Morgan fingerprint density at radius 1 is 1.00 bits per heavy atom. The number of carboxylic acid groups (broad SMARTS) is 1. The number of carboxylic acids is 1. The first-order valence-electron chi connectivity index (χ1n) is 10.4. The van der Waals surface area contributed by atoms with E-state index in [0.717, 1.165) is 5.56 Å². The van der Waals surface area contributed by atoms with E-state index in [0.29, 0.717) is 25.8 Å². The minimum absolute atomic E-state index is 0.0628. The van der Waals surface area contributed by atoms with Crippen molar-refractivity contribution < 1.29 is 14.7 Å². The fraction of sp³-hybridized carbons (Fsp3) is 0.667. The molecule has 1 rings (SSSR count). The molecule has 1 aromatic rings. The van der Waals surface area contributed by atoms with E-state index in [-0.39, 0.29) is 17.2 Å². The van der Waals surface area contributed by atoms with Crippen molar-refractivity contribution in [1.82, 2.24) is 5.32 Å². The Bertz CT molecular complexity index is 674. The zero-order valence-electron chi connectivity index (χ0n) is 19.0. The number of carbonyl (C=O) groups is 2. The number of rotatable bonds is 9. The molecule has 2 N–H and O–H groups in total. The zero-order valence-corrected chi connectivity index (χ0v) is 19.0. The molecule has 0 heterocycles. The molecule has 4 heteroatoms. The molecule has 4 nitrogen and oxygen atoms in total. The predicted octanol–water partition coefficient (Wildman–Crippen LogP) is 5.51. The Morgan fingerprint density at radius 2 is 1.54 bits per heavy atom. The molecule has 0 aliphatic heterocycles. The summed E-state index contributed by atoms with van der Waals surface area (Å²) < 4.78 is 0. The van der Waals surface area contributed by atoms with Gasteiger partial charge in [-0.05, 0) is 55.6 Å². The molecule has 1 amide bonds. The van der Waals surface area contributed by atoms with E-state index >= 15 is 0 Å². The molecule has 0 spiro atoms. The van der Waals surface area contributed by atoms with E-state index in [4.69, 9.17) is 0 Å². The lowest BCUT2D eigenvalue weighted by Crippen LogP contribution is -2.44. The van der Waals surface area contributed by atoms with Crippen LogP contribution in [0.5, 0.6) is 0 Å². The van der Waals surface area contributed by atoms with Crippen molar-refractivity contribution in [3.05, 3.63) is 35.4 Å². The average molecular weight is 390 g/mol. The number of carbonyl (C=O) groups excluding carboxylic acids is 1. The van der Waals surface area contributed by atoms with Crippen LogP contribution >= 0.6 is 0 Å². The van der Waals surface area contributed by atoms with E-state index in [1.807, 2.05) is 20.8 Å². The van der Waals surface area contributed by atoms with Gasteiger partial charge in [0.15, 0.2) is 0 Å². The van der Waals surface area contributed by atoms with Crippen molar-refractivity contribution in [1.29, 1.82) is 0 Å². The quantitative estimate of drug-likeness (QED) is 0.585. The zero-order chi connectivity index (χ0) is 21.8. The second-order valence-corrected chi connectivity index (χ2v) is 9.79. The Labute approximate surface area is 171 Å². The number of aliphatic carboxylic acids is 1. The van der Waals surface area contributed by atoms with Crippen LogP contribution in [0.15, 0.2) is 24.3 Å². The number of hydrogen-bond donors (Lipinski definition) is 2. The van der Waals surface area contributed by atoms with Crippen LogP contribution in [0.3, 0.4) is 0 Å². The van der Waals surface area contributed by atoms with Crippen molar-refractivity contribution in [2.45, 2.75) is 86.0 Å². The lowest BCUT2D eigenvalue weighted by Gasteiger charge is -2.37. The third-order valence-corrected chi connectivity index (χ3v) is 6.06. The summed E-state index contributed by atoms with van der Waals surface area (Å²) >= 11 is 0. The van der Waals surface area contributed by atoms with Gasteiger partial charge >= 0.3 is 5.97 Å². The van der Waals surface area contributed by atoms with Crippen LogP contribution in [-0.2, 0) is 15.0 Å². The van der Waals surface area contributed by atoms with Crippen LogP contribution in [0.4, 0.5) is 0 Å². The van der Waals surface area contributed by atoms with Gasteiger partial charge in [0.05, 0.1) is 5.41 Å². The normalized spacial score (nSPS) is 17.3. The van der Waals surface area contributed by atoms with Gasteiger partial charge in [-0.25, -0.2) is 0 Å². The molecular formula is C24H39NO3. The fourth-order valence-electron chi connectivity index (χ4n) is 3.94. The molecule has 0 saturated carbocycles. The first kappa shape index (κ1) is 24.2. The summed E-state index contributed by atoms with van der Waals surface area (Å²) in [5, 5.41) is 12.9. The van der Waals surface area contributed by atoms with Crippen LogP contribution in [0.25, 0.3) is 0 Å². The average Bonchev–Trinajstić information content (AvgIpc) is 2.60. The molecule has 28 heavy (non-hydrogen) atoms. The van der Waals surface area contributed by atoms with Crippen molar-refractivity contribution >= 4 is 11.9 Å². The van der Waals surface area contributed by atoms with E-state index in [1.54, 1.807) is 6.92 Å². The van der Waals surface area contributed by atoms with Gasteiger partial charge in [-0.1, -0.05) is 65.8 Å². The molecule has 0 saturated heterocycles. The van der Waals surface area contributed by atoms with Gasteiger partial charge in [0.1, 0.15) is 0 Å². The second-order valence-electron chi connectivity index (χ2n) is 9.79. The Kier molecular flexibility index (Phi) is 7.87. The fourth-order valence-corrected chi connectivity index (χ4v) is 3.94. The van der Waals surface area contributed by atoms with Crippen molar-refractivity contribution in [3.63, 3.8) is 0 Å². The summed E-state index contributed by atoms with van der Waals surface area (Å²) in [5.41, 5.74) is 0.819. The van der Waals surface area contributed by atoms with Crippen LogP contribution in [0.2, 0.25) is 0 Å². The van der Waals surface area contributed by atoms with Gasteiger partial charge in [0.25, 0.3) is 0 Å². The minimum atomic E-state index is -0.974. The van der Waals surface area contributed by atoms with Crippen LogP contribution < -0.4 is 5.32 Å². The molecule has 3 atom stereocenters. The van der Waals surface area contributed by atoms with E-state index < -0.39 is 16.8 Å². The Hall–Kier alpha value is -1.84. The molecule has 0 radical (unpaired) electrons. The lowest BCUT2D eigenvalue weighted by molar-refractivity contribution is -0.152. The van der Waals surface area contributed by atoms with E-state index in [1.165, 1.54) is 5.56 Å². The highest BCUT2D eigenvalue weighted by molar-refractivity contribution is 5.83. The SMILES string of the molecule is CCNC(=O)C(C)(CC)CC(C)(CC(C)c1ccc(C(C)(C)C)cc1)C(=O)O. The maximum absolute atomic E-state index is 12.6. The highest BCUT2D eigenvalue weighted by Crippen LogP contribution is 2.43. The molecule has 0 fully saturated rings. The number of nitrogens with one attached hydrogen (secondary N) is 1. The minimum Gasteiger partial charge on any atom is -0.481 e. The standard InChI is InChI=1S/C24H39NO3/c1-9-23(7,20(26)25-10-2)16-24(8,21(27)28)15-17(3)18-11-13-19(14-12-18)22(4,5)6/h11-14,17H,9-10,15-16H2,1-8H3,(H,25,26)(H,27,28). The van der Waals surface area contributed by atoms with Crippen LogP contribution in [0.1, 0.15) is 91.7 Å². The van der Waals surface area contributed by atoms with Crippen molar-refractivity contribution in [3.8, 4) is 0 Å². The summed E-state index contributed by atoms with van der Waals surface area (Å²) in [6.45, 7) is 16.7. The summed E-state index contributed by atoms with van der Waals surface area (Å²) in [7, 11) is 0. The highest BCUT2D eigenvalue weighted by atomic mass is 16.4. The molecule has 0 aromatic heterocycles. The first-order chi connectivity index (χ1) is 12.8. The molecule has 0 bridgehead atoms. The Balaban J connectivity index is 3.07. The van der Waals surface area contributed by atoms with Gasteiger partial charge in [0.2, 0.25) is 5.91 Å². The number of amides is 1. The summed E-state index contributed by atoms with van der Waals surface area (Å²) in [4.78, 5) is 24.8. The predicted molar refractivity (Wildman–Crippen MR) is 116 cm³/mol. The van der Waals surface area contributed by atoms with Gasteiger partial charge in [0, 0.05) is 12.0 Å². The molecule has 1 aromatic carbocycles. The van der Waals surface area contributed by atoms with Gasteiger partial charge in [-0.15, -0.1) is 0 Å². The van der Waals surface area contributed by atoms with Gasteiger partial charge < -0.3 is 10.4 Å². The number of hydrogen-bond acceptors (Lipinski definition) is 2. The summed E-state index contributed by atoms with van der Waals surface area (Å²) in [6.07, 6.45) is 1.42. The third-order valence-electron chi connectivity index (χ3n) is 6.06. The third kappa shape index (κ3) is 5.83. The van der Waals surface area contributed by atoms with E-state index in [9.17, 15) is 14.7 Å². The second kappa shape index (κ2) is 9.11. The van der Waals surface area contributed by atoms with Crippen molar-refractivity contribution in [2.24, 2.45) is 10.8 Å². The van der Waals surface area contributed by atoms with Gasteiger partial charge in [-0.2, -0.15) is 0 Å². The Morgan fingerprint density at radius 3 is 1.93 bits per heavy atom. The lowest BCUT2D eigenvalue weighted by atomic mass is 9.67. The maximum atomic E-state index is 12.6. The molecule has 158 valence electrons. The molecule has 3 unspecified atom stereocenters. The topological polar surface area (TPSA) is 66.4 Å². The van der Waals surface area contributed by atoms with E-state index in [2.05, 4.69) is 57.3 Å². The monoisotopic (exact) mass is 389 g/mol. The maximum Gasteiger partial charge on any atom is 0.309 e. The molecule has 0 aliphatic carbocycles.